The lowest BCUT2D eigenvalue weighted by Crippen LogP contribution is -2.41. The van der Waals surface area contributed by atoms with Crippen molar-refractivity contribution in [2.45, 2.75) is 13.8 Å². The number of nitrogens with one attached hydrogen (secondary N) is 2. The van der Waals surface area contributed by atoms with Crippen LogP contribution >= 0.6 is 0 Å². The van der Waals surface area contributed by atoms with Crippen LogP contribution in [0.15, 0.2) is 27.8 Å². The van der Waals surface area contributed by atoms with Crippen molar-refractivity contribution in [3.05, 3.63) is 24.2 Å². The molecule has 0 aliphatic carbocycles. The SMILES string of the molecule is CCNC(=NCCNC(=O)c1ccco1)N1CC(C)C(C(=O)OC)C1. The molecule has 2 heterocycles. The molecule has 1 aromatic rings. The van der Waals surface area contributed by atoms with Crippen LogP contribution in [0.4, 0.5) is 0 Å². The van der Waals surface area contributed by atoms with Crippen LogP contribution in [0.3, 0.4) is 0 Å². The van der Waals surface area contributed by atoms with Gasteiger partial charge in [-0.3, -0.25) is 14.6 Å². The average molecular weight is 350 g/mol. The highest BCUT2D eigenvalue weighted by atomic mass is 16.5. The molecular weight excluding hydrogens is 324 g/mol. The number of carbonyl (C=O) groups excluding carboxylic acids is 2. The Labute approximate surface area is 147 Å². The quantitative estimate of drug-likeness (QED) is 0.340. The number of methoxy groups -OCH3 is 1. The molecule has 1 fully saturated rings. The van der Waals surface area contributed by atoms with Gasteiger partial charge >= 0.3 is 5.97 Å². The monoisotopic (exact) mass is 350 g/mol. The number of nitrogens with zero attached hydrogens (tertiary/aromatic N) is 2. The normalized spacial score (nSPS) is 20.4. The fourth-order valence-electron chi connectivity index (χ4n) is 2.85. The Hall–Kier alpha value is -2.51. The molecule has 1 aliphatic rings. The summed E-state index contributed by atoms with van der Waals surface area (Å²) in [6.07, 6.45) is 1.46. The number of amides is 1. The Bertz CT molecular complexity index is 600. The first-order valence-electron chi connectivity index (χ1n) is 8.49. The zero-order chi connectivity index (χ0) is 18.2. The molecule has 0 bridgehead atoms. The predicted octanol–water partition coefficient (Wildman–Crippen LogP) is 0.716. The second-order valence-electron chi connectivity index (χ2n) is 5.98. The molecule has 2 atom stereocenters. The Morgan fingerprint density at radius 2 is 2.20 bits per heavy atom. The van der Waals surface area contributed by atoms with Gasteiger partial charge in [0.15, 0.2) is 11.7 Å². The van der Waals surface area contributed by atoms with Gasteiger partial charge in [-0.25, -0.2) is 0 Å². The van der Waals surface area contributed by atoms with Crippen molar-refractivity contribution < 1.29 is 18.7 Å². The minimum absolute atomic E-state index is 0.146. The second-order valence-corrected chi connectivity index (χ2v) is 5.98. The average Bonchev–Trinajstić information content (AvgIpc) is 3.26. The molecule has 1 aliphatic heterocycles. The molecule has 1 saturated heterocycles. The van der Waals surface area contributed by atoms with Crippen LogP contribution in [-0.4, -0.2) is 62.6 Å². The van der Waals surface area contributed by atoms with Gasteiger partial charge in [0.05, 0.1) is 25.8 Å². The van der Waals surface area contributed by atoms with Crippen molar-refractivity contribution >= 4 is 17.8 Å². The standard InChI is InChI=1S/C17H26N4O4/c1-4-18-17(21-10-12(2)13(11-21)16(23)24-3)20-8-7-19-15(22)14-6-5-9-25-14/h5-6,9,12-13H,4,7-8,10-11H2,1-3H3,(H,18,20)(H,19,22). The van der Waals surface area contributed by atoms with Gasteiger partial charge in [-0.1, -0.05) is 6.92 Å². The van der Waals surface area contributed by atoms with E-state index in [1.165, 1.54) is 13.4 Å². The summed E-state index contributed by atoms with van der Waals surface area (Å²) in [4.78, 5) is 30.2. The Balaban J connectivity index is 1.88. The lowest BCUT2D eigenvalue weighted by atomic mass is 9.99. The van der Waals surface area contributed by atoms with Crippen LogP contribution in [0.5, 0.6) is 0 Å². The molecule has 25 heavy (non-hydrogen) atoms. The molecule has 138 valence electrons. The minimum atomic E-state index is -0.259. The van der Waals surface area contributed by atoms with Crippen molar-refractivity contribution in [2.24, 2.45) is 16.8 Å². The molecule has 2 N–H and O–H groups in total. The number of rotatable bonds is 6. The number of ether oxygens (including phenoxy) is 1. The van der Waals surface area contributed by atoms with Crippen LogP contribution in [0.25, 0.3) is 0 Å². The van der Waals surface area contributed by atoms with Crippen molar-refractivity contribution in [3.8, 4) is 0 Å². The van der Waals surface area contributed by atoms with Gasteiger partial charge in [0, 0.05) is 26.2 Å². The molecule has 2 unspecified atom stereocenters. The summed E-state index contributed by atoms with van der Waals surface area (Å²) in [7, 11) is 1.42. The minimum Gasteiger partial charge on any atom is -0.469 e. The lowest BCUT2D eigenvalue weighted by Gasteiger charge is -2.21. The van der Waals surface area contributed by atoms with E-state index in [2.05, 4.69) is 20.5 Å². The molecule has 8 heteroatoms. The van der Waals surface area contributed by atoms with E-state index in [0.717, 1.165) is 19.0 Å². The molecule has 0 saturated carbocycles. The summed E-state index contributed by atoms with van der Waals surface area (Å²) in [5.74, 6) is 0.642. The summed E-state index contributed by atoms with van der Waals surface area (Å²) in [5, 5.41) is 5.99. The first-order chi connectivity index (χ1) is 12.1. The third kappa shape index (κ3) is 4.98. The van der Waals surface area contributed by atoms with Crippen molar-refractivity contribution in [3.63, 3.8) is 0 Å². The second kappa shape index (κ2) is 9.10. The maximum atomic E-state index is 11.8. The maximum absolute atomic E-state index is 11.8. The number of guanidine groups is 1. The smallest absolute Gasteiger partial charge is 0.310 e. The molecule has 2 rings (SSSR count). The molecular formula is C17H26N4O4. The fraction of sp³-hybridized carbons (Fsp3) is 0.588. The summed E-state index contributed by atoms with van der Waals surface area (Å²) in [6, 6.07) is 3.28. The van der Waals surface area contributed by atoms with E-state index in [-0.39, 0.29) is 29.5 Å². The number of hydrogen-bond donors (Lipinski definition) is 2. The van der Waals surface area contributed by atoms with Gasteiger partial charge < -0.3 is 24.7 Å². The summed E-state index contributed by atoms with van der Waals surface area (Å²) in [5.41, 5.74) is 0. The largest absolute Gasteiger partial charge is 0.469 e. The fourth-order valence-corrected chi connectivity index (χ4v) is 2.85. The number of carbonyl (C=O) groups is 2. The topological polar surface area (TPSA) is 96.2 Å². The van der Waals surface area contributed by atoms with Crippen molar-refractivity contribution in [1.29, 1.82) is 0 Å². The van der Waals surface area contributed by atoms with E-state index >= 15 is 0 Å². The molecule has 1 amide bonds. The third-order valence-electron chi connectivity index (χ3n) is 4.15. The Morgan fingerprint density at radius 1 is 1.40 bits per heavy atom. The summed E-state index contributed by atoms with van der Waals surface area (Å²) < 4.78 is 9.91. The highest BCUT2D eigenvalue weighted by molar-refractivity contribution is 5.91. The third-order valence-corrected chi connectivity index (χ3v) is 4.15. The van der Waals surface area contributed by atoms with Crippen LogP contribution in [0.2, 0.25) is 0 Å². The van der Waals surface area contributed by atoms with Gasteiger partial charge in [-0.15, -0.1) is 0 Å². The van der Waals surface area contributed by atoms with Gasteiger partial charge in [0.2, 0.25) is 0 Å². The van der Waals surface area contributed by atoms with E-state index < -0.39 is 0 Å². The van der Waals surface area contributed by atoms with Crippen LogP contribution in [0, 0.1) is 11.8 Å². The van der Waals surface area contributed by atoms with E-state index in [1.807, 2.05) is 13.8 Å². The number of aliphatic imine (C=N–C) groups is 1. The maximum Gasteiger partial charge on any atom is 0.310 e. The Morgan fingerprint density at radius 3 is 2.84 bits per heavy atom. The lowest BCUT2D eigenvalue weighted by molar-refractivity contribution is -0.145. The van der Waals surface area contributed by atoms with Crippen molar-refractivity contribution in [1.82, 2.24) is 15.5 Å². The number of likely N-dealkylation sites (tertiary alicyclic amines) is 1. The molecule has 0 spiro atoms. The van der Waals surface area contributed by atoms with Crippen molar-refractivity contribution in [2.75, 3.05) is 39.8 Å². The van der Waals surface area contributed by atoms with Crippen LogP contribution < -0.4 is 10.6 Å². The van der Waals surface area contributed by atoms with Gasteiger partial charge in [0.25, 0.3) is 5.91 Å². The molecule has 8 nitrogen and oxygen atoms in total. The zero-order valence-corrected chi connectivity index (χ0v) is 14.9. The van der Waals surface area contributed by atoms with E-state index in [9.17, 15) is 9.59 Å². The van der Waals surface area contributed by atoms with E-state index in [1.54, 1.807) is 12.1 Å². The van der Waals surface area contributed by atoms with Gasteiger partial charge in [-0.2, -0.15) is 0 Å². The first-order valence-corrected chi connectivity index (χ1v) is 8.49. The predicted molar refractivity (Wildman–Crippen MR) is 93.3 cm³/mol. The highest BCUT2D eigenvalue weighted by Gasteiger charge is 2.36. The number of esters is 1. The molecule has 0 aromatic carbocycles. The van der Waals surface area contributed by atoms with Crippen LogP contribution in [-0.2, 0) is 9.53 Å². The van der Waals surface area contributed by atoms with Gasteiger partial charge in [0.1, 0.15) is 0 Å². The van der Waals surface area contributed by atoms with E-state index in [4.69, 9.17) is 9.15 Å². The number of hydrogen-bond acceptors (Lipinski definition) is 5. The molecule has 1 aromatic heterocycles. The van der Waals surface area contributed by atoms with E-state index in [0.29, 0.717) is 19.6 Å². The first kappa shape index (κ1) is 18.8. The van der Waals surface area contributed by atoms with Gasteiger partial charge in [-0.05, 0) is 25.0 Å². The molecule has 0 radical (unpaired) electrons. The highest BCUT2D eigenvalue weighted by Crippen LogP contribution is 2.24. The number of furan rings is 1. The Kier molecular flexibility index (Phi) is 6.85. The summed E-state index contributed by atoms with van der Waals surface area (Å²) >= 11 is 0. The summed E-state index contributed by atoms with van der Waals surface area (Å²) in [6.45, 7) is 6.91. The van der Waals surface area contributed by atoms with Crippen LogP contribution in [0.1, 0.15) is 24.4 Å². The zero-order valence-electron chi connectivity index (χ0n) is 14.9.